The van der Waals surface area contributed by atoms with Gasteiger partial charge in [0.25, 0.3) is 0 Å². The molecule has 0 spiro atoms. The molecule has 2 aromatic heterocycles. The number of ether oxygens (including phenoxy) is 1. The Morgan fingerprint density at radius 1 is 1.22 bits per heavy atom. The highest BCUT2D eigenvalue weighted by atomic mass is 79.9. The third kappa shape index (κ3) is 4.92. The number of hydrogen-bond donors (Lipinski definition) is 1. The van der Waals surface area contributed by atoms with Crippen molar-refractivity contribution >= 4 is 39.3 Å². The molecular formula is C18H19BrN4O3S. The number of rotatable bonds is 8. The number of anilines is 1. The number of hydrogen-bond acceptors (Lipinski definition) is 6. The second kappa shape index (κ2) is 9.09. The lowest BCUT2D eigenvalue weighted by Crippen LogP contribution is -2.14. The Morgan fingerprint density at radius 2 is 2.00 bits per heavy atom. The van der Waals surface area contributed by atoms with Crippen molar-refractivity contribution in [3.05, 3.63) is 41.1 Å². The van der Waals surface area contributed by atoms with Crippen LogP contribution in [0.2, 0.25) is 0 Å². The zero-order valence-corrected chi connectivity index (χ0v) is 17.3. The Bertz CT molecular complexity index is 908. The number of nitrogens with one attached hydrogen (secondary N) is 1. The minimum atomic E-state index is -0.114. The van der Waals surface area contributed by atoms with E-state index in [0.717, 1.165) is 11.4 Å². The zero-order chi connectivity index (χ0) is 19.2. The Labute approximate surface area is 169 Å². The van der Waals surface area contributed by atoms with Crippen LogP contribution in [-0.4, -0.2) is 33.0 Å². The topological polar surface area (TPSA) is 82.2 Å². The zero-order valence-electron chi connectivity index (χ0n) is 14.9. The minimum Gasteiger partial charge on any atom is -0.494 e. The molecule has 0 fully saturated rings. The first kappa shape index (κ1) is 19.5. The molecule has 142 valence electrons. The molecule has 0 saturated heterocycles. The average molecular weight is 451 g/mol. The van der Waals surface area contributed by atoms with E-state index in [4.69, 9.17) is 9.15 Å². The van der Waals surface area contributed by atoms with Crippen molar-refractivity contribution in [2.75, 3.05) is 17.7 Å². The third-order valence-electron chi connectivity index (χ3n) is 3.61. The number of carbonyl (C=O) groups excluding carboxylic acids is 1. The van der Waals surface area contributed by atoms with E-state index in [1.807, 2.05) is 48.7 Å². The summed E-state index contributed by atoms with van der Waals surface area (Å²) in [5, 5.41) is 11.9. The van der Waals surface area contributed by atoms with Crippen LogP contribution in [0, 0.1) is 0 Å². The smallest absolute Gasteiger partial charge is 0.234 e. The summed E-state index contributed by atoms with van der Waals surface area (Å²) in [5.74, 6) is 2.15. The molecule has 0 atom stereocenters. The molecule has 27 heavy (non-hydrogen) atoms. The van der Waals surface area contributed by atoms with Gasteiger partial charge in [-0.1, -0.05) is 11.8 Å². The second-order valence-corrected chi connectivity index (χ2v) is 7.17. The van der Waals surface area contributed by atoms with Crippen molar-refractivity contribution in [2.45, 2.75) is 25.5 Å². The van der Waals surface area contributed by atoms with Gasteiger partial charge in [0.1, 0.15) is 5.75 Å². The normalized spacial score (nSPS) is 10.8. The van der Waals surface area contributed by atoms with Crippen LogP contribution in [0.15, 0.2) is 50.6 Å². The fourth-order valence-corrected chi connectivity index (χ4v) is 3.53. The maximum atomic E-state index is 12.2. The standard InChI is InChI=1S/C18H19BrN4O3S/c1-3-23-17(14-9-10-15(19)26-14)21-22-18(23)27-11-16(24)20-12-5-7-13(8-6-12)25-4-2/h5-10H,3-4,11H2,1-2H3,(H,20,24). The fraction of sp³-hybridized carbons (Fsp3) is 0.278. The average Bonchev–Trinajstić information content (AvgIpc) is 3.27. The number of thioether (sulfide) groups is 1. The van der Waals surface area contributed by atoms with Gasteiger partial charge in [-0.25, -0.2) is 0 Å². The van der Waals surface area contributed by atoms with Crippen LogP contribution < -0.4 is 10.1 Å². The van der Waals surface area contributed by atoms with Crippen LogP contribution in [0.3, 0.4) is 0 Å². The molecule has 0 bridgehead atoms. The van der Waals surface area contributed by atoms with Gasteiger partial charge in [0.05, 0.1) is 12.4 Å². The SMILES string of the molecule is CCOc1ccc(NC(=O)CSc2nnc(-c3ccc(Br)o3)n2CC)cc1. The molecule has 1 N–H and O–H groups in total. The molecule has 0 aliphatic carbocycles. The summed E-state index contributed by atoms with van der Waals surface area (Å²) in [6, 6.07) is 10.9. The molecule has 1 amide bonds. The number of furan rings is 1. The maximum Gasteiger partial charge on any atom is 0.234 e. The van der Waals surface area contributed by atoms with Gasteiger partial charge in [0.2, 0.25) is 11.7 Å². The first-order valence-electron chi connectivity index (χ1n) is 8.45. The van der Waals surface area contributed by atoms with Crippen molar-refractivity contribution in [3.8, 4) is 17.3 Å². The molecular weight excluding hydrogens is 432 g/mol. The van der Waals surface area contributed by atoms with Crippen molar-refractivity contribution in [1.29, 1.82) is 0 Å². The molecule has 3 rings (SSSR count). The molecule has 3 aromatic rings. The van der Waals surface area contributed by atoms with E-state index >= 15 is 0 Å². The van der Waals surface area contributed by atoms with Gasteiger partial charge in [-0.2, -0.15) is 0 Å². The summed E-state index contributed by atoms with van der Waals surface area (Å²) in [5.41, 5.74) is 0.724. The van der Waals surface area contributed by atoms with Crippen LogP contribution >= 0.6 is 27.7 Å². The second-order valence-electron chi connectivity index (χ2n) is 5.45. The Balaban J connectivity index is 1.61. The first-order valence-corrected chi connectivity index (χ1v) is 10.2. The predicted molar refractivity (Wildman–Crippen MR) is 108 cm³/mol. The molecule has 0 aliphatic heterocycles. The van der Waals surface area contributed by atoms with Gasteiger partial charge >= 0.3 is 0 Å². The van der Waals surface area contributed by atoms with E-state index in [-0.39, 0.29) is 11.7 Å². The van der Waals surface area contributed by atoms with Gasteiger partial charge in [0, 0.05) is 12.2 Å². The lowest BCUT2D eigenvalue weighted by molar-refractivity contribution is -0.113. The minimum absolute atomic E-state index is 0.114. The van der Waals surface area contributed by atoms with Crippen LogP contribution in [-0.2, 0) is 11.3 Å². The lowest BCUT2D eigenvalue weighted by Gasteiger charge is -2.08. The van der Waals surface area contributed by atoms with E-state index in [1.54, 1.807) is 6.07 Å². The van der Waals surface area contributed by atoms with E-state index in [9.17, 15) is 4.79 Å². The highest BCUT2D eigenvalue weighted by Gasteiger charge is 2.17. The number of aromatic nitrogens is 3. The van der Waals surface area contributed by atoms with Crippen molar-refractivity contribution in [3.63, 3.8) is 0 Å². The highest BCUT2D eigenvalue weighted by molar-refractivity contribution is 9.10. The van der Waals surface area contributed by atoms with Crippen LogP contribution in [0.1, 0.15) is 13.8 Å². The third-order valence-corrected chi connectivity index (χ3v) is 5.00. The number of carbonyl (C=O) groups is 1. The van der Waals surface area contributed by atoms with Gasteiger partial charge in [-0.05, 0) is 66.2 Å². The van der Waals surface area contributed by atoms with Gasteiger partial charge in [-0.15, -0.1) is 10.2 Å². The summed E-state index contributed by atoms with van der Waals surface area (Å²) in [6.45, 7) is 5.20. The summed E-state index contributed by atoms with van der Waals surface area (Å²) in [4.78, 5) is 12.2. The number of nitrogens with zero attached hydrogens (tertiary/aromatic N) is 3. The van der Waals surface area contributed by atoms with Crippen molar-refractivity contribution in [2.24, 2.45) is 0 Å². The van der Waals surface area contributed by atoms with E-state index in [0.29, 0.717) is 34.6 Å². The maximum absolute atomic E-state index is 12.2. The summed E-state index contributed by atoms with van der Waals surface area (Å²) in [6.07, 6.45) is 0. The quantitative estimate of drug-likeness (QED) is 0.510. The number of benzene rings is 1. The summed E-state index contributed by atoms with van der Waals surface area (Å²) in [7, 11) is 0. The Kier molecular flexibility index (Phi) is 6.57. The Hall–Kier alpha value is -2.26. The molecule has 0 unspecified atom stereocenters. The largest absolute Gasteiger partial charge is 0.494 e. The van der Waals surface area contributed by atoms with Crippen LogP contribution in [0.5, 0.6) is 5.75 Å². The van der Waals surface area contributed by atoms with E-state index < -0.39 is 0 Å². The number of amides is 1. The van der Waals surface area contributed by atoms with Gasteiger partial charge < -0.3 is 14.5 Å². The van der Waals surface area contributed by atoms with E-state index in [2.05, 4.69) is 31.4 Å². The van der Waals surface area contributed by atoms with E-state index in [1.165, 1.54) is 11.8 Å². The number of halogens is 1. The summed E-state index contributed by atoms with van der Waals surface area (Å²) < 4.78 is 13.5. The molecule has 0 saturated carbocycles. The van der Waals surface area contributed by atoms with Crippen LogP contribution in [0.4, 0.5) is 5.69 Å². The first-order chi connectivity index (χ1) is 13.1. The highest BCUT2D eigenvalue weighted by Crippen LogP contribution is 2.27. The van der Waals surface area contributed by atoms with Crippen LogP contribution in [0.25, 0.3) is 11.6 Å². The monoisotopic (exact) mass is 450 g/mol. The summed E-state index contributed by atoms with van der Waals surface area (Å²) >= 11 is 4.62. The van der Waals surface area contributed by atoms with Crippen molar-refractivity contribution < 1.29 is 13.9 Å². The lowest BCUT2D eigenvalue weighted by atomic mass is 10.3. The molecule has 0 aliphatic rings. The predicted octanol–water partition coefficient (Wildman–Crippen LogP) is 4.45. The fourth-order valence-electron chi connectivity index (χ4n) is 2.43. The van der Waals surface area contributed by atoms with Gasteiger partial charge in [0.15, 0.2) is 15.6 Å². The molecule has 1 aromatic carbocycles. The molecule has 7 nitrogen and oxygen atoms in total. The van der Waals surface area contributed by atoms with Gasteiger partial charge in [-0.3, -0.25) is 9.36 Å². The molecule has 2 heterocycles. The Morgan fingerprint density at radius 3 is 2.63 bits per heavy atom. The molecule has 0 radical (unpaired) electrons. The van der Waals surface area contributed by atoms with Crippen molar-refractivity contribution in [1.82, 2.24) is 14.8 Å². The molecule has 9 heteroatoms.